The van der Waals surface area contributed by atoms with Crippen LogP contribution in [0.5, 0.6) is 0 Å². The van der Waals surface area contributed by atoms with Crippen LogP contribution < -0.4 is 5.32 Å². The zero-order chi connectivity index (χ0) is 11.9. The fourth-order valence-corrected chi connectivity index (χ4v) is 1.55. The third-order valence-electron chi connectivity index (χ3n) is 2.38. The topological polar surface area (TPSA) is 51.2 Å². The molecule has 1 aliphatic rings. The molecule has 0 saturated carbocycles. The summed E-state index contributed by atoms with van der Waals surface area (Å²) in [5, 5.41) is 4.02. The Labute approximate surface area is 99.6 Å². The molecule has 0 aliphatic carbocycles. The van der Waals surface area contributed by atoms with E-state index in [1.54, 1.807) is 0 Å². The quantitative estimate of drug-likeness (QED) is 0.752. The van der Waals surface area contributed by atoms with Gasteiger partial charge in [0.15, 0.2) is 12.5 Å². The molecule has 2 aromatic rings. The van der Waals surface area contributed by atoms with Gasteiger partial charge in [0.2, 0.25) is 0 Å². The van der Waals surface area contributed by atoms with Crippen molar-refractivity contribution in [2.45, 2.75) is 6.23 Å². The Morgan fingerprint density at radius 2 is 2.12 bits per heavy atom. The highest BCUT2D eigenvalue weighted by Crippen LogP contribution is 2.07. The Bertz CT molecular complexity index is 416. The fourth-order valence-electron chi connectivity index (χ4n) is 1.55. The van der Waals surface area contributed by atoms with Crippen molar-refractivity contribution in [3.8, 4) is 0 Å². The van der Waals surface area contributed by atoms with Gasteiger partial charge in [-0.25, -0.2) is 0 Å². The molecule has 1 aromatic heterocycles. The van der Waals surface area contributed by atoms with Gasteiger partial charge in [-0.2, -0.15) is 0 Å². The number of benzene rings is 1. The number of fused-ring (bicyclic) bond motifs is 1. The van der Waals surface area contributed by atoms with Gasteiger partial charge in [-0.3, -0.25) is 15.1 Å². The molecule has 17 heavy (non-hydrogen) atoms. The molecule has 0 radical (unpaired) electrons. The summed E-state index contributed by atoms with van der Waals surface area (Å²) in [4.78, 5) is 14.0. The monoisotopic (exact) mass is 230 g/mol. The number of para-hydroxylation sites is 1. The zero-order valence-corrected chi connectivity index (χ0v) is 9.37. The van der Waals surface area contributed by atoms with E-state index in [0.717, 1.165) is 18.3 Å². The highest BCUT2D eigenvalue weighted by atomic mass is 16.5. The van der Waals surface area contributed by atoms with Crippen LogP contribution in [0.15, 0.2) is 42.6 Å². The van der Waals surface area contributed by atoms with E-state index in [4.69, 9.17) is 4.74 Å². The number of rotatable bonds is 1. The lowest BCUT2D eigenvalue weighted by molar-refractivity contribution is -0.116. The molecule has 4 heteroatoms. The lowest BCUT2D eigenvalue weighted by Crippen LogP contribution is -2.23. The Morgan fingerprint density at radius 3 is 2.76 bits per heavy atom. The van der Waals surface area contributed by atoms with Gasteiger partial charge in [-0.1, -0.05) is 24.3 Å². The van der Waals surface area contributed by atoms with Crippen molar-refractivity contribution in [2.24, 2.45) is 0 Å². The van der Waals surface area contributed by atoms with Gasteiger partial charge in [0.1, 0.15) is 0 Å². The van der Waals surface area contributed by atoms with Gasteiger partial charge in [0.25, 0.3) is 0 Å². The van der Waals surface area contributed by atoms with Gasteiger partial charge >= 0.3 is 0 Å². The average Bonchev–Trinajstić information content (AvgIpc) is 2.93. The second-order valence-corrected chi connectivity index (χ2v) is 3.58. The van der Waals surface area contributed by atoms with Crippen LogP contribution in [0.2, 0.25) is 0 Å². The number of nitrogens with one attached hydrogen (secondary N) is 1. The van der Waals surface area contributed by atoms with E-state index in [0.29, 0.717) is 6.61 Å². The minimum atomic E-state index is -0.333. The number of hydrogen-bond donors (Lipinski definition) is 1. The Morgan fingerprint density at radius 1 is 1.29 bits per heavy atom. The lowest BCUT2D eigenvalue weighted by atomic mass is 10.2. The Kier molecular flexibility index (Phi) is 4.18. The van der Waals surface area contributed by atoms with Crippen molar-refractivity contribution in [3.05, 3.63) is 42.6 Å². The molecule has 0 spiro atoms. The zero-order valence-electron chi connectivity index (χ0n) is 9.37. The first kappa shape index (κ1) is 11.7. The average molecular weight is 230 g/mol. The number of ether oxygens (including phenoxy) is 1. The maximum atomic E-state index is 9.82. The summed E-state index contributed by atoms with van der Waals surface area (Å²) < 4.78 is 4.82. The molecule has 1 fully saturated rings. The second kappa shape index (κ2) is 6.08. The van der Waals surface area contributed by atoms with E-state index in [1.165, 1.54) is 5.39 Å². The molecule has 1 atom stereocenters. The number of nitrogens with zero attached hydrogens (tertiary/aromatic N) is 1. The summed E-state index contributed by atoms with van der Waals surface area (Å²) in [5.74, 6) is 0. The SMILES string of the molecule is O=CC1NCCO1.c1ccc2ncccc2c1. The summed E-state index contributed by atoms with van der Waals surface area (Å²) in [6.07, 6.45) is 2.23. The van der Waals surface area contributed by atoms with Crippen molar-refractivity contribution in [1.82, 2.24) is 10.3 Å². The molecule has 0 bridgehead atoms. The third kappa shape index (κ3) is 3.34. The molecule has 0 amide bonds. The molecule has 1 N–H and O–H groups in total. The molecule has 1 unspecified atom stereocenters. The van der Waals surface area contributed by atoms with Crippen LogP contribution in [-0.4, -0.2) is 30.6 Å². The van der Waals surface area contributed by atoms with Gasteiger partial charge in [0.05, 0.1) is 12.1 Å². The van der Waals surface area contributed by atoms with Gasteiger partial charge in [-0.05, 0) is 12.1 Å². The van der Waals surface area contributed by atoms with Crippen molar-refractivity contribution < 1.29 is 9.53 Å². The van der Waals surface area contributed by atoms with Crippen LogP contribution in [-0.2, 0) is 9.53 Å². The van der Waals surface area contributed by atoms with Crippen LogP contribution in [0.25, 0.3) is 10.9 Å². The fraction of sp³-hybridized carbons (Fsp3) is 0.231. The number of carbonyl (C=O) groups is 1. The highest BCUT2D eigenvalue weighted by Gasteiger charge is 2.10. The summed E-state index contributed by atoms with van der Waals surface area (Å²) in [6, 6.07) is 12.1. The number of aromatic nitrogens is 1. The maximum Gasteiger partial charge on any atom is 0.164 e. The van der Waals surface area contributed by atoms with E-state index in [9.17, 15) is 4.79 Å². The number of hydrogen-bond acceptors (Lipinski definition) is 4. The Balaban J connectivity index is 0.000000136. The summed E-state index contributed by atoms with van der Waals surface area (Å²) in [6.45, 7) is 1.45. The first-order valence-corrected chi connectivity index (χ1v) is 5.50. The predicted octanol–water partition coefficient (Wildman–Crippen LogP) is 1.37. The lowest BCUT2D eigenvalue weighted by Gasteiger charge is -1.94. The van der Waals surface area contributed by atoms with E-state index < -0.39 is 0 Å². The largest absolute Gasteiger partial charge is 0.355 e. The molecule has 1 aliphatic heterocycles. The van der Waals surface area contributed by atoms with Crippen molar-refractivity contribution in [1.29, 1.82) is 0 Å². The molecule has 88 valence electrons. The molecule has 2 heterocycles. The summed E-state index contributed by atoms with van der Waals surface area (Å²) in [7, 11) is 0. The Hall–Kier alpha value is -1.78. The van der Waals surface area contributed by atoms with Gasteiger partial charge in [0, 0.05) is 18.1 Å². The predicted molar refractivity (Wildman–Crippen MR) is 65.5 cm³/mol. The summed E-state index contributed by atoms with van der Waals surface area (Å²) >= 11 is 0. The highest BCUT2D eigenvalue weighted by molar-refractivity contribution is 5.77. The minimum Gasteiger partial charge on any atom is -0.355 e. The molecule has 4 nitrogen and oxygen atoms in total. The maximum absolute atomic E-state index is 9.82. The van der Waals surface area contributed by atoms with Crippen molar-refractivity contribution in [2.75, 3.05) is 13.2 Å². The van der Waals surface area contributed by atoms with Crippen molar-refractivity contribution >= 4 is 17.2 Å². The van der Waals surface area contributed by atoms with Crippen LogP contribution in [0.3, 0.4) is 0 Å². The third-order valence-corrected chi connectivity index (χ3v) is 2.38. The van der Waals surface area contributed by atoms with Crippen LogP contribution in [0.4, 0.5) is 0 Å². The first-order valence-electron chi connectivity index (χ1n) is 5.50. The van der Waals surface area contributed by atoms with Gasteiger partial charge < -0.3 is 4.74 Å². The van der Waals surface area contributed by atoms with Crippen molar-refractivity contribution in [3.63, 3.8) is 0 Å². The smallest absolute Gasteiger partial charge is 0.164 e. The molecular weight excluding hydrogens is 216 g/mol. The van der Waals surface area contributed by atoms with E-state index in [2.05, 4.69) is 22.4 Å². The molecular formula is C13H14N2O2. The molecule has 1 aromatic carbocycles. The summed E-state index contributed by atoms with van der Waals surface area (Å²) in [5.41, 5.74) is 1.06. The first-order chi connectivity index (χ1) is 8.40. The second-order valence-electron chi connectivity index (χ2n) is 3.58. The molecule has 3 rings (SSSR count). The number of aldehydes is 1. The standard InChI is InChI=1S/C9H7N.C4H7NO2/c1-2-6-9-8(4-1)5-3-7-10-9;6-3-4-5-1-2-7-4/h1-7H;3-5H,1-2H2. The van der Waals surface area contributed by atoms with Gasteiger partial charge in [-0.15, -0.1) is 0 Å². The molecule has 1 saturated heterocycles. The normalized spacial score (nSPS) is 18.5. The number of carbonyl (C=O) groups excluding carboxylic acids is 1. The van der Waals surface area contributed by atoms with Crippen LogP contribution >= 0.6 is 0 Å². The van der Waals surface area contributed by atoms with E-state index in [1.807, 2.05) is 30.5 Å². The van der Waals surface area contributed by atoms with Crippen LogP contribution in [0.1, 0.15) is 0 Å². The number of pyridine rings is 1. The van der Waals surface area contributed by atoms with E-state index in [-0.39, 0.29) is 6.23 Å². The van der Waals surface area contributed by atoms with E-state index >= 15 is 0 Å². The minimum absolute atomic E-state index is 0.333. The van der Waals surface area contributed by atoms with Crippen LogP contribution in [0, 0.1) is 0 Å².